The van der Waals surface area contributed by atoms with Gasteiger partial charge in [0.25, 0.3) is 5.91 Å². The number of amides is 1. The number of carbonyl (C=O) groups is 1. The third-order valence-corrected chi connectivity index (χ3v) is 8.54. The Balaban J connectivity index is 1.68. The van der Waals surface area contributed by atoms with E-state index in [9.17, 15) is 18.0 Å². The lowest BCUT2D eigenvalue weighted by Gasteiger charge is -2.21. The molecule has 5 N–H and O–H groups in total. The zero-order valence-corrected chi connectivity index (χ0v) is 26.8. The number of carbonyl (C=O) groups excluding carboxylic acids is 1. The third kappa shape index (κ3) is 7.66. The second-order valence-corrected chi connectivity index (χ2v) is 12.5. The molecule has 0 aliphatic rings. The standard InChI is InChI=1S/C35H33F3N6O2S/c1-18(2)14-27-29(33(40)45)31(30(34(41)46-19(3)39)26(44-27)11-7-20-4-8-23(36)9-5-20)28-16-22-12-13-42-35(32(22)47-28)43-17-21-6-10-24(37)25(38)15-21/h4-6,8-10,12-13,15-16,18,39,41H,7,11,14,17H2,1-3H3,(H2,40,45)(H,42,43). The molecular formula is C35H33F3N6O2S. The minimum atomic E-state index is -0.949. The molecule has 47 heavy (non-hydrogen) atoms. The first kappa shape index (κ1) is 33.3. The number of aryl methyl sites for hydroxylation is 2. The number of primary amides is 1. The highest BCUT2D eigenvalue weighted by Crippen LogP contribution is 2.42. The van der Waals surface area contributed by atoms with Gasteiger partial charge in [-0.3, -0.25) is 20.6 Å². The number of pyridine rings is 2. The molecule has 0 bridgehead atoms. The fraction of sp³-hybridized carbons (Fsp3) is 0.229. The maximum absolute atomic E-state index is 13.8. The molecular weight excluding hydrogens is 625 g/mol. The summed E-state index contributed by atoms with van der Waals surface area (Å²) in [5, 5.41) is 20.8. The topological polar surface area (TPSA) is 138 Å². The predicted molar refractivity (Wildman–Crippen MR) is 179 cm³/mol. The molecule has 0 radical (unpaired) electrons. The molecule has 0 aliphatic heterocycles. The first-order chi connectivity index (χ1) is 22.4. The number of thiophene rings is 1. The monoisotopic (exact) mass is 658 g/mol. The average molecular weight is 659 g/mol. The Labute approximate surface area is 273 Å². The summed E-state index contributed by atoms with van der Waals surface area (Å²) in [7, 11) is 0. The van der Waals surface area contributed by atoms with Crippen molar-refractivity contribution in [2.24, 2.45) is 11.7 Å². The van der Waals surface area contributed by atoms with Crippen molar-refractivity contribution >= 4 is 44.9 Å². The number of nitrogens with two attached hydrogens (primary N) is 1. The lowest BCUT2D eigenvalue weighted by molar-refractivity contribution is 0.0999. The highest BCUT2D eigenvalue weighted by molar-refractivity contribution is 7.22. The van der Waals surface area contributed by atoms with Gasteiger partial charge in [0.1, 0.15) is 11.6 Å². The van der Waals surface area contributed by atoms with Crippen molar-refractivity contribution in [3.05, 3.63) is 112 Å². The van der Waals surface area contributed by atoms with Crippen LogP contribution in [0.2, 0.25) is 0 Å². The maximum Gasteiger partial charge on any atom is 0.251 e. The summed E-state index contributed by atoms with van der Waals surface area (Å²) in [6.07, 6.45) is 2.83. The normalized spacial score (nSPS) is 11.2. The lowest BCUT2D eigenvalue weighted by atomic mass is 9.91. The number of hydrogen-bond donors (Lipinski definition) is 4. The quantitative estimate of drug-likeness (QED) is 0.0847. The van der Waals surface area contributed by atoms with Gasteiger partial charge in [-0.2, -0.15) is 0 Å². The molecule has 5 rings (SSSR count). The maximum atomic E-state index is 13.8. The summed E-state index contributed by atoms with van der Waals surface area (Å²) in [4.78, 5) is 23.2. The van der Waals surface area contributed by atoms with Gasteiger partial charge in [0.2, 0.25) is 5.90 Å². The highest BCUT2D eigenvalue weighted by Gasteiger charge is 2.29. The van der Waals surface area contributed by atoms with Gasteiger partial charge in [0, 0.05) is 30.1 Å². The molecule has 8 nitrogen and oxygen atoms in total. The van der Waals surface area contributed by atoms with Gasteiger partial charge in [0.05, 0.1) is 27.2 Å². The average Bonchev–Trinajstić information content (AvgIpc) is 3.45. The zero-order chi connectivity index (χ0) is 33.8. The summed E-state index contributed by atoms with van der Waals surface area (Å²) < 4.78 is 47.1. The summed E-state index contributed by atoms with van der Waals surface area (Å²) in [5.74, 6) is -2.94. The molecule has 3 aromatic heterocycles. The molecule has 2 aromatic carbocycles. The van der Waals surface area contributed by atoms with Crippen LogP contribution >= 0.6 is 11.3 Å². The molecule has 0 aliphatic carbocycles. The van der Waals surface area contributed by atoms with Crippen LogP contribution < -0.4 is 11.1 Å². The van der Waals surface area contributed by atoms with Gasteiger partial charge in [-0.05, 0) is 78.1 Å². The number of fused-ring (bicyclic) bond motifs is 1. The number of ether oxygens (including phenoxy) is 1. The summed E-state index contributed by atoms with van der Waals surface area (Å²) in [6, 6.07) is 13.4. The van der Waals surface area contributed by atoms with Crippen LogP contribution in [0.4, 0.5) is 19.0 Å². The van der Waals surface area contributed by atoms with E-state index in [-0.39, 0.29) is 41.2 Å². The van der Waals surface area contributed by atoms with Gasteiger partial charge in [-0.15, -0.1) is 11.3 Å². The van der Waals surface area contributed by atoms with Crippen LogP contribution in [-0.4, -0.2) is 27.7 Å². The van der Waals surface area contributed by atoms with Gasteiger partial charge < -0.3 is 15.8 Å². The number of nitrogens with one attached hydrogen (secondary N) is 3. The van der Waals surface area contributed by atoms with Crippen molar-refractivity contribution < 1.29 is 22.7 Å². The second kappa shape index (κ2) is 14.1. The fourth-order valence-corrected chi connectivity index (χ4v) is 6.51. The van der Waals surface area contributed by atoms with Gasteiger partial charge in [0.15, 0.2) is 17.5 Å². The molecule has 0 spiro atoms. The number of halogens is 3. The largest absolute Gasteiger partial charge is 0.425 e. The number of anilines is 1. The third-order valence-electron chi connectivity index (χ3n) is 7.37. The Morgan fingerprint density at radius 1 is 0.957 bits per heavy atom. The summed E-state index contributed by atoms with van der Waals surface area (Å²) in [5.41, 5.74) is 9.13. The summed E-state index contributed by atoms with van der Waals surface area (Å²) in [6.45, 7) is 5.57. The van der Waals surface area contributed by atoms with E-state index in [4.69, 9.17) is 26.3 Å². The van der Waals surface area contributed by atoms with Gasteiger partial charge in [-0.25, -0.2) is 18.2 Å². The molecule has 0 unspecified atom stereocenters. The van der Waals surface area contributed by atoms with Crippen molar-refractivity contribution in [3.63, 3.8) is 0 Å². The van der Waals surface area contributed by atoms with E-state index in [0.29, 0.717) is 52.5 Å². The number of nitrogens with zero attached hydrogens (tertiary/aromatic N) is 2. The smallest absolute Gasteiger partial charge is 0.251 e. The zero-order valence-electron chi connectivity index (χ0n) is 26.0. The van der Waals surface area contributed by atoms with Crippen LogP contribution in [-0.2, 0) is 30.5 Å². The number of hydrogen-bond acceptors (Lipinski definition) is 8. The molecule has 5 aromatic rings. The molecule has 242 valence electrons. The van der Waals surface area contributed by atoms with Crippen LogP contribution in [0.3, 0.4) is 0 Å². The van der Waals surface area contributed by atoms with E-state index in [1.54, 1.807) is 24.4 Å². The Bertz CT molecular complexity index is 1990. The predicted octanol–water partition coefficient (Wildman–Crippen LogP) is 7.81. The summed E-state index contributed by atoms with van der Waals surface area (Å²) >= 11 is 1.31. The molecule has 0 fully saturated rings. The Morgan fingerprint density at radius 3 is 2.34 bits per heavy atom. The van der Waals surface area contributed by atoms with Crippen LogP contribution in [0, 0.1) is 34.2 Å². The molecule has 3 heterocycles. The van der Waals surface area contributed by atoms with Crippen molar-refractivity contribution in [1.29, 1.82) is 10.8 Å². The molecule has 12 heteroatoms. The lowest BCUT2D eigenvalue weighted by Crippen LogP contribution is -2.23. The van der Waals surface area contributed by atoms with E-state index >= 15 is 0 Å². The Hall–Kier alpha value is -5.10. The molecule has 0 saturated carbocycles. The van der Waals surface area contributed by atoms with E-state index in [1.807, 2.05) is 19.9 Å². The minimum absolute atomic E-state index is 0.113. The van der Waals surface area contributed by atoms with Crippen molar-refractivity contribution in [2.45, 2.75) is 46.6 Å². The SMILES string of the molecule is CC(=N)OC(=N)c1c(CCc2ccc(F)cc2)nc(CC(C)C)c(C(N)=O)c1-c1cc2ccnc(NCc3ccc(F)c(F)c3)c2s1. The Kier molecular flexibility index (Phi) is 10.00. The van der Waals surface area contributed by atoms with Crippen LogP contribution in [0.25, 0.3) is 20.5 Å². The van der Waals surface area contributed by atoms with Crippen molar-refractivity contribution in [2.75, 3.05) is 5.32 Å². The van der Waals surface area contributed by atoms with E-state index in [0.717, 1.165) is 27.8 Å². The van der Waals surface area contributed by atoms with Crippen LogP contribution in [0.1, 0.15) is 59.2 Å². The second-order valence-electron chi connectivity index (χ2n) is 11.5. The van der Waals surface area contributed by atoms with Crippen molar-refractivity contribution in [1.82, 2.24) is 9.97 Å². The van der Waals surface area contributed by atoms with Crippen LogP contribution in [0.15, 0.2) is 60.8 Å². The minimum Gasteiger partial charge on any atom is -0.425 e. The van der Waals surface area contributed by atoms with Crippen molar-refractivity contribution in [3.8, 4) is 10.4 Å². The highest BCUT2D eigenvalue weighted by atomic mass is 32.1. The van der Waals surface area contributed by atoms with Gasteiger partial charge in [-0.1, -0.05) is 32.0 Å². The van der Waals surface area contributed by atoms with E-state index < -0.39 is 17.5 Å². The first-order valence-electron chi connectivity index (χ1n) is 14.9. The molecule has 0 atom stereocenters. The fourth-order valence-electron chi connectivity index (χ4n) is 5.33. The van der Waals surface area contributed by atoms with Crippen LogP contribution in [0.5, 0.6) is 0 Å². The number of rotatable bonds is 11. The van der Waals surface area contributed by atoms with E-state index in [1.165, 1.54) is 36.5 Å². The van der Waals surface area contributed by atoms with E-state index in [2.05, 4.69) is 10.3 Å². The Morgan fingerprint density at radius 2 is 1.68 bits per heavy atom. The number of benzene rings is 2. The first-order valence-corrected chi connectivity index (χ1v) is 15.7. The molecule has 1 amide bonds. The number of aromatic nitrogens is 2. The molecule has 0 saturated heterocycles. The van der Waals surface area contributed by atoms with Gasteiger partial charge >= 0.3 is 0 Å².